The average Bonchev–Trinajstić information content (AvgIpc) is 2.57. The van der Waals surface area contributed by atoms with Crippen LogP contribution >= 0.6 is 0 Å². The molecule has 0 spiro atoms. The molecule has 25 heavy (non-hydrogen) atoms. The van der Waals surface area contributed by atoms with Crippen LogP contribution in [0.5, 0.6) is 0 Å². The molecule has 0 aliphatic heterocycles. The Balaban J connectivity index is 2.72. The Hall–Kier alpha value is -1.45. The second-order valence-electron chi connectivity index (χ2n) is 8.18. The van der Waals surface area contributed by atoms with Gasteiger partial charge in [0.05, 0.1) is 13.2 Å². The Kier molecular flexibility index (Phi) is 5.90. The molecule has 1 aromatic rings. The van der Waals surface area contributed by atoms with Gasteiger partial charge in [-0.1, -0.05) is 45.9 Å². The second kappa shape index (κ2) is 7.43. The van der Waals surface area contributed by atoms with Crippen LogP contribution in [-0.2, 0) is 15.6 Å². The lowest BCUT2D eigenvalue weighted by Crippen LogP contribution is -2.28. The number of aliphatic hydroxyl groups excluding tert-OH is 1. The summed E-state index contributed by atoms with van der Waals surface area (Å²) in [5, 5.41) is 9.25. The molecule has 0 heterocycles. The molecule has 0 atom stereocenters. The Morgan fingerprint density at radius 1 is 1.32 bits per heavy atom. The lowest BCUT2D eigenvalue weighted by atomic mass is 9.71. The standard InChI is InChI=1S/C22H31FO2/c1-7-25-14-22(5,6)19-12-18-16(9-8-10-21(18,3)4)11-17(19)15(2)20(23)13-24/h8-9,11-12,24H,7,10,13-14H2,1-6H3/b20-15+. The molecule has 0 unspecified atom stereocenters. The van der Waals surface area contributed by atoms with Crippen LogP contribution in [-0.4, -0.2) is 24.9 Å². The zero-order valence-corrected chi connectivity index (χ0v) is 16.4. The van der Waals surface area contributed by atoms with Crippen LogP contribution in [0.4, 0.5) is 4.39 Å². The van der Waals surface area contributed by atoms with Crippen molar-refractivity contribution in [2.45, 2.75) is 58.8 Å². The summed E-state index contributed by atoms with van der Waals surface area (Å²) in [5.41, 5.74) is 4.65. The van der Waals surface area contributed by atoms with E-state index in [1.165, 1.54) is 5.56 Å². The molecule has 138 valence electrons. The van der Waals surface area contributed by atoms with E-state index in [0.29, 0.717) is 18.8 Å². The van der Waals surface area contributed by atoms with Crippen LogP contribution in [0, 0.1) is 0 Å². The number of aliphatic hydroxyl groups is 1. The molecule has 2 rings (SSSR count). The molecular formula is C22H31FO2. The Bertz CT molecular complexity index is 696. The predicted molar refractivity (Wildman–Crippen MR) is 103 cm³/mol. The van der Waals surface area contributed by atoms with Crippen molar-refractivity contribution in [3.05, 3.63) is 46.3 Å². The summed E-state index contributed by atoms with van der Waals surface area (Å²) in [6.07, 6.45) is 5.29. The van der Waals surface area contributed by atoms with Gasteiger partial charge in [0.25, 0.3) is 0 Å². The van der Waals surface area contributed by atoms with E-state index in [4.69, 9.17) is 4.74 Å². The van der Waals surface area contributed by atoms with Crippen LogP contribution in [0.25, 0.3) is 11.6 Å². The van der Waals surface area contributed by atoms with Crippen LogP contribution in [0.2, 0.25) is 0 Å². The molecule has 0 fully saturated rings. The minimum atomic E-state index is -0.574. The van der Waals surface area contributed by atoms with Gasteiger partial charge in [0.1, 0.15) is 5.83 Å². The molecule has 0 amide bonds. The smallest absolute Gasteiger partial charge is 0.129 e. The van der Waals surface area contributed by atoms with E-state index < -0.39 is 12.4 Å². The predicted octanol–water partition coefficient (Wildman–Crippen LogP) is 5.39. The quantitative estimate of drug-likeness (QED) is 0.748. The number of halogens is 1. The zero-order valence-electron chi connectivity index (χ0n) is 16.4. The Morgan fingerprint density at radius 3 is 2.60 bits per heavy atom. The fourth-order valence-electron chi connectivity index (χ4n) is 3.50. The third-order valence-corrected chi connectivity index (χ3v) is 5.19. The van der Waals surface area contributed by atoms with Gasteiger partial charge in [-0.2, -0.15) is 0 Å². The van der Waals surface area contributed by atoms with Gasteiger partial charge in [0, 0.05) is 12.0 Å². The Labute approximate surface area is 151 Å². The molecule has 1 N–H and O–H groups in total. The van der Waals surface area contributed by atoms with E-state index in [0.717, 1.165) is 23.1 Å². The first-order valence-electron chi connectivity index (χ1n) is 9.04. The van der Waals surface area contributed by atoms with E-state index in [1.54, 1.807) is 6.92 Å². The number of allylic oxidation sites excluding steroid dienone is 2. The molecule has 0 saturated carbocycles. The van der Waals surface area contributed by atoms with Crippen molar-refractivity contribution >= 4 is 11.6 Å². The highest BCUT2D eigenvalue weighted by Gasteiger charge is 2.31. The number of hydrogen-bond donors (Lipinski definition) is 1. The summed E-state index contributed by atoms with van der Waals surface area (Å²) in [6, 6.07) is 4.29. The summed E-state index contributed by atoms with van der Waals surface area (Å²) >= 11 is 0. The normalized spacial score (nSPS) is 17.3. The first-order chi connectivity index (χ1) is 11.6. The molecule has 0 radical (unpaired) electrons. The van der Waals surface area contributed by atoms with E-state index in [9.17, 15) is 9.50 Å². The fraction of sp³-hybridized carbons (Fsp3) is 0.545. The number of rotatable bonds is 6. The van der Waals surface area contributed by atoms with Crippen molar-refractivity contribution in [1.29, 1.82) is 0 Å². The highest BCUT2D eigenvalue weighted by atomic mass is 19.1. The van der Waals surface area contributed by atoms with Gasteiger partial charge in [-0.3, -0.25) is 0 Å². The van der Waals surface area contributed by atoms with Crippen LogP contribution in [0.15, 0.2) is 24.0 Å². The molecule has 1 aliphatic rings. The largest absolute Gasteiger partial charge is 0.389 e. The van der Waals surface area contributed by atoms with Crippen molar-refractivity contribution in [3.8, 4) is 0 Å². The molecule has 0 saturated heterocycles. The molecule has 1 aromatic carbocycles. The number of hydrogen-bond acceptors (Lipinski definition) is 2. The van der Waals surface area contributed by atoms with E-state index in [1.807, 2.05) is 6.92 Å². The van der Waals surface area contributed by atoms with E-state index in [2.05, 4.69) is 52.0 Å². The SMILES string of the molecule is CCOCC(C)(C)c1cc2c(cc1/C(C)=C(/F)CO)C=CCC2(C)C. The number of benzene rings is 1. The lowest BCUT2D eigenvalue weighted by molar-refractivity contribution is 0.105. The van der Waals surface area contributed by atoms with E-state index >= 15 is 0 Å². The third kappa shape index (κ3) is 4.04. The van der Waals surface area contributed by atoms with Gasteiger partial charge in [-0.25, -0.2) is 4.39 Å². The van der Waals surface area contributed by atoms with Crippen LogP contribution in [0.3, 0.4) is 0 Å². The number of ether oxygens (including phenoxy) is 1. The molecule has 3 heteroatoms. The zero-order chi connectivity index (χ0) is 18.8. The summed E-state index contributed by atoms with van der Waals surface area (Å²) in [7, 11) is 0. The summed E-state index contributed by atoms with van der Waals surface area (Å²) in [4.78, 5) is 0. The van der Waals surface area contributed by atoms with Gasteiger partial charge in [0.15, 0.2) is 0 Å². The highest BCUT2D eigenvalue weighted by molar-refractivity contribution is 5.74. The van der Waals surface area contributed by atoms with Crippen molar-refractivity contribution in [2.24, 2.45) is 0 Å². The van der Waals surface area contributed by atoms with Crippen LogP contribution < -0.4 is 0 Å². The topological polar surface area (TPSA) is 29.5 Å². The van der Waals surface area contributed by atoms with Gasteiger partial charge < -0.3 is 9.84 Å². The molecule has 2 nitrogen and oxygen atoms in total. The average molecular weight is 346 g/mol. The fourth-order valence-corrected chi connectivity index (χ4v) is 3.50. The monoisotopic (exact) mass is 346 g/mol. The van der Waals surface area contributed by atoms with Crippen molar-refractivity contribution < 1.29 is 14.2 Å². The van der Waals surface area contributed by atoms with Gasteiger partial charge in [0.2, 0.25) is 0 Å². The molecular weight excluding hydrogens is 315 g/mol. The van der Waals surface area contributed by atoms with E-state index in [-0.39, 0.29) is 10.8 Å². The third-order valence-electron chi connectivity index (χ3n) is 5.19. The maximum absolute atomic E-state index is 14.2. The minimum absolute atomic E-state index is 0.0478. The number of fused-ring (bicyclic) bond motifs is 1. The second-order valence-corrected chi connectivity index (χ2v) is 8.18. The van der Waals surface area contributed by atoms with Gasteiger partial charge in [-0.05, 0) is 59.6 Å². The first-order valence-corrected chi connectivity index (χ1v) is 9.04. The molecule has 0 aromatic heterocycles. The van der Waals surface area contributed by atoms with Crippen molar-refractivity contribution in [2.75, 3.05) is 19.8 Å². The maximum atomic E-state index is 14.2. The maximum Gasteiger partial charge on any atom is 0.129 e. The van der Waals surface area contributed by atoms with Gasteiger partial charge in [-0.15, -0.1) is 0 Å². The Morgan fingerprint density at radius 2 is 2.00 bits per heavy atom. The molecule has 0 bridgehead atoms. The first kappa shape index (κ1) is 19.9. The van der Waals surface area contributed by atoms with Crippen LogP contribution in [0.1, 0.15) is 70.2 Å². The minimum Gasteiger partial charge on any atom is -0.389 e. The molecule has 1 aliphatic carbocycles. The summed E-state index contributed by atoms with van der Waals surface area (Å²) < 4.78 is 19.9. The van der Waals surface area contributed by atoms with Crippen molar-refractivity contribution in [3.63, 3.8) is 0 Å². The summed E-state index contributed by atoms with van der Waals surface area (Å²) in [6.45, 7) is 13.1. The lowest BCUT2D eigenvalue weighted by Gasteiger charge is -2.34. The van der Waals surface area contributed by atoms with Crippen molar-refractivity contribution in [1.82, 2.24) is 0 Å². The van der Waals surface area contributed by atoms with Gasteiger partial charge >= 0.3 is 0 Å². The highest BCUT2D eigenvalue weighted by Crippen LogP contribution is 2.41. The summed E-state index contributed by atoms with van der Waals surface area (Å²) in [5.74, 6) is -0.479.